The number of nitrogens with zero attached hydrogens (tertiary/aromatic N) is 1. The largest absolute Gasteiger partial charge is 0.465 e. The summed E-state index contributed by atoms with van der Waals surface area (Å²) in [5.74, 6) is -1.88. The summed E-state index contributed by atoms with van der Waals surface area (Å²) in [6.07, 6.45) is 0. The predicted octanol–water partition coefficient (Wildman–Crippen LogP) is 3.18. The van der Waals surface area contributed by atoms with E-state index in [0.717, 1.165) is 23.5 Å². The van der Waals surface area contributed by atoms with E-state index in [4.69, 9.17) is 0 Å². The first-order chi connectivity index (χ1) is 8.52. The third-order valence-corrected chi connectivity index (χ3v) is 3.50. The fourth-order valence-corrected chi connectivity index (χ4v) is 2.47. The topological polar surface area (TPSA) is 39.2 Å². The van der Waals surface area contributed by atoms with E-state index in [1.54, 1.807) is 6.92 Å². The van der Waals surface area contributed by atoms with E-state index in [2.05, 4.69) is 9.72 Å². The zero-order valence-corrected chi connectivity index (χ0v) is 10.5. The summed E-state index contributed by atoms with van der Waals surface area (Å²) in [7, 11) is 1.26. The number of rotatable bonds is 2. The molecule has 3 nitrogen and oxygen atoms in total. The van der Waals surface area contributed by atoms with Crippen molar-refractivity contribution in [1.29, 1.82) is 0 Å². The number of thiazole rings is 1. The highest BCUT2D eigenvalue weighted by Crippen LogP contribution is 2.30. The van der Waals surface area contributed by atoms with Crippen molar-refractivity contribution in [3.8, 4) is 10.6 Å². The molecule has 0 N–H and O–H groups in total. The van der Waals surface area contributed by atoms with Gasteiger partial charge in [-0.15, -0.1) is 11.3 Å². The van der Waals surface area contributed by atoms with Crippen LogP contribution in [0.1, 0.15) is 15.4 Å². The fourth-order valence-electron chi connectivity index (χ4n) is 1.46. The van der Waals surface area contributed by atoms with Crippen molar-refractivity contribution in [2.75, 3.05) is 7.11 Å². The molecule has 0 amide bonds. The molecule has 0 fully saturated rings. The first-order valence-corrected chi connectivity index (χ1v) is 5.85. The van der Waals surface area contributed by atoms with Gasteiger partial charge in [0.15, 0.2) is 0 Å². The summed E-state index contributed by atoms with van der Waals surface area (Å²) >= 11 is 1.02. The standard InChI is InChI=1S/C12H9F2NO2S/c1-6-10(12(16)17-2)18-11(15-6)8-4-3-7(13)5-9(8)14/h3-5H,1-2H3. The van der Waals surface area contributed by atoms with Crippen molar-refractivity contribution >= 4 is 17.3 Å². The van der Waals surface area contributed by atoms with E-state index in [1.165, 1.54) is 13.2 Å². The van der Waals surface area contributed by atoms with E-state index in [9.17, 15) is 13.6 Å². The van der Waals surface area contributed by atoms with Gasteiger partial charge < -0.3 is 4.74 Å². The van der Waals surface area contributed by atoms with Gasteiger partial charge in [-0.1, -0.05) is 0 Å². The highest BCUT2D eigenvalue weighted by atomic mass is 32.1. The minimum Gasteiger partial charge on any atom is -0.465 e. The number of benzene rings is 1. The van der Waals surface area contributed by atoms with Crippen molar-refractivity contribution in [3.63, 3.8) is 0 Å². The molecule has 0 saturated carbocycles. The number of ether oxygens (including phenoxy) is 1. The van der Waals surface area contributed by atoms with Crippen LogP contribution in [0.25, 0.3) is 10.6 Å². The van der Waals surface area contributed by atoms with Crippen molar-refractivity contribution in [2.45, 2.75) is 6.92 Å². The van der Waals surface area contributed by atoms with Crippen LogP contribution < -0.4 is 0 Å². The molecule has 1 aromatic carbocycles. The number of aromatic nitrogens is 1. The molecule has 0 aliphatic heterocycles. The maximum absolute atomic E-state index is 13.6. The molecule has 0 aliphatic rings. The van der Waals surface area contributed by atoms with Crippen LogP contribution in [0.4, 0.5) is 8.78 Å². The Bertz CT molecular complexity index is 610. The van der Waals surface area contributed by atoms with Gasteiger partial charge in [-0.3, -0.25) is 0 Å². The van der Waals surface area contributed by atoms with E-state index < -0.39 is 17.6 Å². The van der Waals surface area contributed by atoms with Gasteiger partial charge in [-0.25, -0.2) is 18.6 Å². The third-order valence-electron chi connectivity index (χ3n) is 2.33. The van der Waals surface area contributed by atoms with E-state index >= 15 is 0 Å². The zero-order chi connectivity index (χ0) is 13.3. The molecule has 0 atom stereocenters. The lowest BCUT2D eigenvalue weighted by Gasteiger charge is -1.98. The van der Waals surface area contributed by atoms with Crippen molar-refractivity contribution < 1.29 is 18.3 Å². The number of carbonyl (C=O) groups is 1. The summed E-state index contributed by atoms with van der Waals surface area (Å²) in [5.41, 5.74) is 0.630. The number of carbonyl (C=O) groups excluding carboxylic acids is 1. The molecule has 2 rings (SSSR count). The Morgan fingerprint density at radius 2 is 2.11 bits per heavy atom. The number of hydrogen-bond acceptors (Lipinski definition) is 4. The Morgan fingerprint density at radius 3 is 2.72 bits per heavy atom. The Hall–Kier alpha value is -1.82. The number of aryl methyl sites for hydroxylation is 1. The lowest BCUT2D eigenvalue weighted by atomic mass is 10.2. The number of hydrogen-bond donors (Lipinski definition) is 0. The van der Waals surface area contributed by atoms with Gasteiger partial charge in [0.05, 0.1) is 12.8 Å². The third kappa shape index (κ3) is 2.24. The fraction of sp³-hybridized carbons (Fsp3) is 0.167. The minimum absolute atomic E-state index is 0.166. The van der Waals surface area contributed by atoms with Crippen molar-refractivity contribution in [1.82, 2.24) is 4.98 Å². The first-order valence-electron chi connectivity index (χ1n) is 5.04. The maximum Gasteiger partial charge on any atom is 0.349 e. The lowest BCUT2D eigenvalue weighted by Crippen LogP contribution is -1.99. The van der Waals surface area contributed by atoms with Gasteiger partial charge in [-0.2, -0.15) is 0 Å². The van der Waals surface area contributed by atoms with Gasteiger partial charge in [0.1, 0.15) is 21.5 Å². The molecule has 1 heterocycles. The van der Waals surface area contributed by atoms with Crippen LogP contribution in [0, 0.1) is 18.6 Å². The van der Waals surface area contributed by atoms with Crippen LogP contribution in [0.2, 0.25) is 0 Å². The molecule has 0 aliphatic carbocycles. The van der Waals surface area contributed by atoms with Gasteiger partial charge in [0.25, 0.3) is 0 Å². The van der Waals surface area contributed by atoms with Gasteiger partial charge in [-0.05, 0) is 19.1 Å². The van der Waals surface area contributed by atoms with E-state index in [0.29, 0.717) is 15.6 Å². The monoisotopic (exact) mass is 269 g/mol. The Kier molecular flexibility index (Phi) is 3.38. The molecule has 1 aromatic heterocycles. The molecule has 94 valence electrons. The maximum atomic E-state index is 13.6. The van der Waals surface area contributed by atoms with Gasteiger partial charge >= 0.3 is 5.97 Å². The van der Waals surface area contributed by atoms with Crippen LogP contribution in [0.15, 0.2) is 18.2 Å². The smallest absolute Gasteiger partial charge is 0.349 e. The second kappa shape index (κ2) is 4.81. The predicted molar refractivity (Wildman–Crippen MR) is 63.5 cm³/mol. The molecule has 0 spiro atoms. The molecular weight excluding hydrogens is 260 g/mol. The van der Waals surface area contributed by atoms with Crippen LogP contribution in [-0.2, 0) is 4.74 Å². The van der Waals surface area contributed by atoms with Crippen molar-refractivity contribution in [3.05, 3.63) is 40.4 Å². The Morgan fingerprint density at radius 1 is 1.39 bits per heavy atom. The SMILES string of the molecule is COC(=O)c1sc(-c2ccc(F)cc2F)nc1C. The summed E-state index contributed by atoms with van der Waals surface area (Å²) in [6, 6.07) is 3.22. The highest BCUT2D eigenvalue weighted by Gasteiger charge is 2.18. The average Bonchev–Trinajstić information content (AvgIpc) is 2.70. The first kappa shape index (κ1) is 12.6. The van der Waals surface area contributed by atoms with Crippen LogP contribution in [0.3, 0.4) is 0 Å². The molecular formula is C12H9F2NO2S. The minimum atomic E-state index is -0.708. The van der Waals surface area contributed by atoms with Crippen LogP contribution in [-0.4, -0.2) is 18.1 Å². The van der Waals surface area contributed by atoms with Gasteiger partial charge in [0, 0.05) is 11.6 Å². The molecule has 2 aromatic rings. The molecule has 6 heteroatoms. The molecule has 0 unspecified atom stereocenters. The molecule has 0 radical (unpaired) electrons. The molecule has 0 saturated heterocycles. The summed E-state index contributed by atoms with van der Waals surface area (Å²) < 4.78 is 31.0. The highest BCUT2D eigenvalue weighted by molar-refractivity contribution is 7.17. The normalized spacial score (nSPS) is 10.4. The van der Waals surface area contributed by atoms with Crippen LogP contribution in [0.5, 0.6) is 0 Å². The van der Waals surface area contributed by atoms with Crippen LogP contribution >= 0.6 is 11.3 Å². The van der Waals surface area contributed by atoms with Gasteiger partial charge in [0.2, 0.25) is 0 Å². The number of halogens is 2. The van der Waals surface area contributed by atoms with Crippen molar-refractivity contribution in [2.24, 2.45) is 0 Å². The lowest BCUT2D eigenvalue weighted by molar-refractivity contribution is 0.0605. The second-order valence-electron chi connectivity index (χ2n) is 3.55. The van der Waals surface area contributed by atoms with E-state index in [-0.39, 0.29) is 5.56 Å². The quantitative estimate of drug-likeness (QED) is 0.786. The number of esters is 1. The van der Waals surface area contributed by atoms with E-state index in [1.807, 2.05) is 0 Å². The summed E-state index contributed by atoms with van der Waals surface area (Å²) in [6.45, 7) is 1.63. The molecule has 18 heavy (non-hydrogen) atoms. The second-order valence-corrected chi connectivity index (χ2v) is 4.55. The zero-order valence-electron chi connectivity index (χ0n) is 9.66. The number of methoxy groups -OCH3 is 1. The Balaban J connectivity index is 2.49. The summed E-state index contributed by atoms with van der Waals surface area (Å²) in [5, 5.41) is 0.324. The molecule has 0 bridgehead atoms. The average molecular weight is 269 g/mol. The summed E-state index contributed by atoms with van der Waals surface area (Å²) in [4.78, 5) is 15.8. The Labute approximate surface area is 106 Å².